The standard InChI is InChI=1S/C17H17Cl2FN2O/c18-15-2-1-3-16(19)14(15)10-22-9-12(17(21)23)8-11-4-6-13(20)7-5-11/h1-7,12,22H,8-10H2,(H2,21,23)/t12-/m1/s1. The summed E-state index contributed by atoms with van der Waals surface area (Å²) in [7, 11) is 0. The molecule has 1 amide bonds. The van der Waals surface area contributed by atoms with Gasteiger partial charge in [0, 0.05) is 28.7 Å². The van der Waals surface area contributed by atoms with E-state index in [0.717, 1.165) is 11.1 Å². The lowest BCUT2D eigenvalue weighted by atomic mass is 9.98. The number of nitrogens with two attached hydrogens (primary N) is 1. The van der Waals surface area contributed by atoms with Gasteiger partial charge >= 0.3 is 0 Å². The van der Waals surface area contributed by atoms with Crippen LogP contribution in [0.1, 0.15) is 11.1 Å². The average Bonchev–Trinajstić information content (AvgIpc) is 2.51. The summed E-state index contributed by atoms with van der Waals surface area (Å²) in [6.45, 7) is 0.819. The van der Waals surface area contributed by atoms with Crippen molar-refractivity contribution < 1.29 is 9.18 Å². The minimum atomic E-state index is -0.410. The SMILES string of the molecule is NC(=O)[C@@H](CNCc1c(Cl)cccc1Cl)Cc1ccc(F)cc1. The molecular formula is C17H17Cl2FN2O. The van der Waals surface area contributed by atoms with Gasteiger partial charge < -0.3 is 11.1 Å². The minimum Gasteiger partial charge on any atom is -0.369 e. The van der Waals surface area contributed by atoms with Crippen LogP contribution in [0, 0.1) is 11.7 Å². The maximum Gasteiger partial charge on any atom is 0.222 e. The molecule has 0 radical (unpaired) electrons. The van der Waals surface area contributed by atoms with Crippen LogP contribution in [0.15, 0.2) is 42.5 Å². The largest absolute Gasteiger partial charge is 0.369 e. The van der Waals surface area contributed by atoms with Crippen LogP contribution in [0.25, 0.3) is 0 Å². The summed E-state index contributed by atoms with van der Waals surface area (Å²) >= 11 is 12.2. The van der Waals surface area contributed by atoms with Crippen LogP contribution in [0.5, 0.6) is 0 Å². The van der Waals surface area contributed by atoms with E-state index in [0.29, 0.717) is 29.6 Å². The van der Waals surface area contributed by atoms with Gasteiger partial charge in [-0.1, -0.05) is 41.4 Å². The number of benzene rings is 2. The number of carbonyl (C=O) groups excluding carboxylic acids is 1. The Morgan fingerprint density at radius 1 is 1.13 bits per heavy atom. The van der Waals surface area contributed by atoms with Crippen molar-refractivity contribution in [1.29, 1.82) is 0 Å². The zero-order valence-corrected chi connectivity index (χ0v) is 13.9. The van der Waals surface area contributed by atoms with E-state index in [9.17, 15) is 9.18 Å². The van der Waals surface area contributed by atoms with E-state index in [1.807, 2.05) is 0 Å². The van der Waals surface area contributed by atoms with Gasteiger partial charge in [0.1, 0.15) is 5.82 Å². The monoisotopic (exact) mass is 354 g/mol. The third kappa shape index (κ3) is 5.20. The fraction of sp³-hybridized carbons (Fsp3) is 0.235. The molecule has 0 saturated carbocycles. The van der Waals surface area contributed by atoms with Crippen molar-refractivity contribution >= 4 is 29.1 Å². The second-order valence-corrected chi connectivity index (χ2v) is 6.08. The highest BCUT2D eigenvalue weighted by atomic mass is 35.5. The molecule has 2 rings (SSSR count). The first-order valence-corrected chi connectivity index (χ1v) is 7.90. The molecule has 6 heteroatoms. The number of hydrogen-bond acceptors (Lipinski definition) is 2. The van der Waals surface area contributed by atoms with Crippen molar-refractivity contribution in [2.45, 2.75) is 13.0 Å². The van der Waals surface area contributed by atoms with Crippen LogP contribution in [-0.2, 0) is 17.8 Å². The third-order valence-corrected chi connectivity index (χ3v) is 4.26. The lowest BCUT2D eigenvalue weighted by Gasteiger charge is -2.15. The zero-order valence-electron chi connectivity index (χ0n) is 12.4. The van der Waals surface area contributed by atoms with Gasteiger partial charge in [0.25, 0.3) is 0 Å². The lowest BCUT2D eigenvalue weighted by Crippen LogP contribution is -2.34. The third-order valence-electron chi connectivity index (χ3n) is 3.55. The maximum atomic E-state index is 12.9. The van der Waals surface area contributed by atoms with E-state index < -0.39 is 11.8 Å². The summed E-state index contributed by atoms with van der Waals surface area (Å²) in [4.78, 5) is 11.6. The van der Waals surface area contributed by atoms with Gasteiger partial charge in [-0.25, -0.2) is 4.39 Å². The quantitative estimate of drug-likeness (QED) is 0.798. The molecule has 2 aromatic carbocycles. The predicted molar refractivity (Wildman–Crippen MR) is 91.0 cm³/mol. The van der Waals surface area contributed by atoms with Gasteiger partial charge in [-0.2, -0.15) is 0 Å². The number of carbonyl (C=O) groups is 1. The first-order chi connectivity index (χ1) is 11.0. The fourth-order valence-corrected chi connectivity index (χ4v) is 2.78. The Bertz CT molecular complexity index is 657. The Morgan fingerprint density at radius 3 is 2.30 bits per heavy atom. The molecular weight excluding hydrogens is 338 g/mol. The summed E-state index contributed by atoms with van der Waals surface area (Å²) in [5, 5.41) is 4.29. The number of rotatable bonds is 7. The number of nitrogens with one attached hydrogen (secondary N) is 1. The van der Waals surface area contributed by atoms with Crippen molar-refractivity contribution in [3.05, 3.63) is 69.5 Å². The van der Waals surface area contributed by atoms with Crippen molar-refractivity contribution in [3.8, 4) is 0 Å². The van der Waals surface area contributed by atoms with E-state index in [-0.39, 0.29) is 5.82 Å². The molecule has 0 saturated heterocycles. The first kappa shape index (κ1) is 17.7. The number of hydrogen-bond donors (Lipinski definition) is 2. The minimum absolute atomic E-state index is 0.309. The molecule has 2 aromatic rings. The Morgan fingerprint density at radius 2 is 1.74 bits per heavy atom. The van der Waals surface area contributed by atoms with Crippen molar-refractivity contribution in [2.75, 3.05) is 6.54 Å². The summed E-state index contributed by atoms with van der Waals surface area (Å²) in [5.41, 5.74) is 7.08. The molecule has 0 aliphatic heterocycles. The summed E-state index contributed by atoms with van der Waals surface area (Å²) in [5.74, 6) is -1.12. The van der Waals surface area contributed by atoms with Crippen molar-refractivity contribution in [3.63, 3.8) is 0 Å². The van der Waals surface area contributed by atoms with Gasteiger partial charge in [0.2, 0.25) is 5.91 Å². The molecule has 3 N–H and O–H groups in total. The Labute approximate surface area is 144 Å². The van der Waals surface area contributed by atoms with Gasteiger partial charge in [0.15, 0.2) is 0 Å². The van der Waals surface area contributed by atoms with E-state index in [1.165, 1.54) is 12.1 Å². The molecule has 122 valence electrons. The predicted octanol–water partition coefficient (Wildman–Crippen LogP) is 3.57. The topological polar surface area (TPSA) is 55.1 Å². The lowest BCUT2D eigenvalue weighted by molar-refractivity contribution is -0.121. The first-order valence-electron chi connectivity index (χ1n) is 7.14. The van der Waals surface area contributed by atoms with E-state index in [2.05, 4.69) is 5.32 Å². The van der Waals surface area contributed by atoms with E-state index >= 15 is 0 Å². The Hall–Kier alpha value is -1.62. The Balaban J connectivity index is 1.95. The van der Waals surface area contributed by atoms with Crippen LogP contribution in [0.4, 0.5) is 4.39 Å². The second kappa shape index (κ2) is 8.29. The molecule has 0 spiro atoms. The summed E-state index contributed by atoms with van der Waals surface area (Å²) < 4.78 is 12.9. The van der Waals surface area contributed by atoms with Gasteiger partial charge in [0.05, 0.1) is 5.92 Å². The number of amides is 1. The molecule has 0 unspecified atom stereocenters. The van der Waals surface area contributed by atoms with Gasteiger partial charge in [-0.3, -0.25) is 4.79 Å². The molecule has 0 heterocycles. The molecule has 0 fully saturated rings. The van der Waals surface area contributed by atoms with Crippen molar-refractivity contribution in [1.82, 2.24) is 5.32 Å². The van der Waals surface area contributed by atoms with Crippen LogP contribution in [0.2, 0.25) is 10.0 Å². The highest BCUT2D eigenvalue weighted by Gasteiger charge is 2.16. The van der Waals surface area contributed by atoms with Crippen LogP contribution >= 0.6 is 23.2 Å². The molecule has 0 aromatic heterocycles. The van der Waals surface area contributed by atoms with Crippen molar-refractivity contribution in [2.24, 2.45) is 11.7 Å². The highest BCUT2D eigenvalue weighted by molar-refractivity contribution is 6.35. The average molecular weight is 355 g/mol. The van der Waals surface area contributed by atoms with E-state index in [4.69, 9.17) is 28.9 Å². The molecule has 3 nitrogen and oxygen atoms in total. The number of halogens is 3. The number of primary amides is 1. The molecule has 0 aliphatic rings. The smallest absolute Gasteiger partial charge is 0.222 e. The molecule has 1 atom stereocenters. The second-order valence-electron chi connectivity index (χ2n) is 5.26. The van der Waals surface area contributed by atoms with Crippen LogP contribution < -0.4 is 11.1 Å². The summed E-state index contributed by atoms with van der Waals surface area (Å²) in [6.07, 6.45) is 0.443. The zero-order chi connectivity index (χ0) is 16.8. The van der Waals surface area contributed by atoms with Crippen LogP contribution in [-0.4, -0.2) is 12.5 Å². The van der Waals surface area contributed by atoms with E-state index in [1.54, 1.807) is 30.3 Å². The van der Waals surface area contributed by atoms with Gasteiger partial charge in [-0.15, -0.1) is 0 Å². The van der Waals surface area contributed by atoms with Crippen LogP contribution in [0.3, 0.4) is 0 Å². The van der Waals surface area contributed by atoms with Gasteiger partial charge in [-0.05, 0) is 36.2 Å². The normalized spacial score (nSPS) is 12.1. The Kier molecular flexibility index (Phi) is 6.39. The fourth-order valence-electron chi connectivity index (χ4n) is 2.25. The molecule has 23 heavy (non-hydrogen) atoms. The maximum absolute atomic E-state index is 12.9. The molecule has 0 bridgehead atoms. The summed E-state index contributed by atoms with van der Waals surface area (Å²) in [6, 6.07) is 11.3. The highest BCUT2D eigenvalue weighted by Crippen LogP contribution is 2.24. The molecule has 0 aliphatic carbocycles.